The number of aryl methyl sites for hydroxylation is 1. The lowest BCUT2D eigenvalue weighted by Gasteiger charge is -2.18. The van der Waals surface area contributed by atoms with Crippen LogP contribution in [0.3, 0.4) is 0 Å². The van der Waals surface area contributed by atoms with Crippen molar-refractivity contribution in [2.75, 3.05) is 26.2 Å². The number of aromatic nitrogens is 4. The fourth-order valence-electron chi connectivity index (χ4n) is 6.14. The first-order valence-electron chi connectivity index (χ1n) is 17.0. The Bertz CT molecular complexity index is 1960. The average molecular weight is 759 g/mol. The molecule has 4 heterocycles. The summed E-state index contributed by atoms with van der Waals surface area (Å²) in [5.74, 6) is 1.04. The lowest BCUT2D eigenvalue weighted by molar-refractivity contribution is 0.249. The van der Waals surface area contributed by atoms with Crippen LogP contribution >= 0.6 is 27.5 Å². The summed E-state index contributed by atoms with van der Waals surface area (Å²) < 4.78 is 15.5. The van der Waals surface area contributed by atoms with E-state index >= 15 is 0 Å². The zero-order chi connectivity index (χ0) is 34.9. The molecule has 1 atom stereocenters. The Morgan fingerprint density at radius 2 is 1.76 bits per heavy atom. The van der Waals surface area contributed by atoms with Crippen molar-refractivity contribution in [3.8, 4) is 28.7 Å². The molecule has 0 aliphatic carbocycles. The maximum absolute atomic E-state index is 9.51. The number of halogens is 2. The highest BCUT2D eigenvalue weighted by molar-refractivity contribution is 9.10. The number of nitrogens with zero attached hydrogens (tertiary/aromatic N) is 6. The molecule has 1 unspecified atom stereocenters. The Labute approximate surface area is 306 Å². The van der Waals surface area contributed by atoms with E-state index in [-0.39, 0.29) is 25.9 Å². The van der Waals surface area contributed by atoms with Gasteiger partial charge in [-0.3, -0.25) is 14.6 Å². The number of unbranched alkanes of at least 4 members (excludes halogenated alkanes) is 1. The van der Waals surface area contributed by atoms with Gasteiger partial charge in [0.15, 0.2) is 0 Å². The number of benzene rings is 2. The van der Waals surface area contributed by atoms with Gasteiger partial charge >= 0.3 is 0 Å². The van der Waals surface area contributed by atoms with Crippen LogP contribution < -0.4 is 14.8 Å². The van der Waals surface area contributed by atoms with Gasteiger partial charge in [0.2, 0.25) is 0 Å². The Morgan fingerprint density at radius 3 is 2.58 bits per heavy atom. The number of hydrogen-bond acceptors (Lipinski definition) is 9. The second kappa shape index (κ2) is 17.2. The van der Waals surface area contributed by atoms with Crippen LogP contribution in [0.2, 0.25) is 5.02 Å². The van der Waals surface area contributed by atoms with Crippen molar-refractivity contribution in [2.24, 2.45) is 0 Å². The van der Waals surface area contributed by atoms with E-state index in [9.17, 15) is 10.4 Å². The standard InChI is InChI=1S/C38H41BrClN7O3/c1-26(23-48)44-19-30-14-34(40)37(15-36(30)49-24-28-13-27(16-41)17-42-18-28)50-25-29-7-6-8-31(38(29)39)32-20-43-22-35-33(32)21-45-47(35)12-5-4-11-46-9-2-3-10-46/h6-8,13-15,17-18,20-22,26,44,48H,2-5,9-12,19,23-25H2,1H3. The zero-order valence-electron chi connectivity index (χ0n) is 28.1. The maximum Gasteiger partial charge on any atom is 0.142 e. The van der Waals surface area contributed by atoms with Crippen LogP contribution in [0.4, 0.5) is 0 Å². The number of pyridine rings is 2. The summed E-state index contributed by atoms with van der Waals surface area (Å²) in [4.78, 5) is 11.3. The molecule has 5 aromatic rings. The molecule has 2 N–H and O–H groups in total. The molecule has 2 aromatic carbocycles. The molecular weight excluding hydrogens is 718 g/mol. The molecule has 0 radical (unpaired) electrons. The van der Waals surface area contributed by atoms with Crippen molar-refractivity contribution in [1.82, 2.24) is 30.0 Å². The predicted octanol–water partition coefficient (Wildman–Crippen LogP) is 7.29. The highest BCUT2D eigenvalue weighted by Crippen LogP contribution is 2.37. The van der Waals surface area contributed by atoms with Gasteiger partial charge in [0.25, 0.3) is 0 Å². The van der Waals surface area contributed by atoms with Gasteiger partial charge in [-0.2, -0.15) is 10.4 Å². The summed E-state index contributed by atoms with van der Waals surface area (Å²) in [6, 6.07) is 13.4. The number of hydrogen-bond donors (Lipinski definition) is 2. The van der Waals surface area contributed by atoms with Gasteiger partial charge in [-0.1, -0.05) is 29.8 Å². The van der Waals surface area contributed by atoms with Crippen LogP contribution in [0.1, 0.15) is 54.9 Å². The van der Waals surface area contributed by atoms with Gasteiger partial charge in [-0.05, 0) is 85.9 Å². The number of aliphatic hydroxyl groups is 1. The molecule has 0 spiro atoms. The largest absolute Gasteiger partial charge is 0.488 e. The summed E-state index contributed by atoms with van der Waals surface area (Å²) in [6.45, 7) is 7.25. The first-order chi connectivity index (χ1) is 24.4. The monoisotopic (exact) mass is 757 g/mol. The molecule has 0 amide bonds. The molecule has 6 rings (SSSR count). The van der Waals surface area contributed by atoms with E-state index in [0.717, 1.165) is 69.1 Å². The lowest BCUT2D eigenvalue weighted by atomic mass is 10.0. The fraction of sp³-hybridized carbons (Fsp3) is 0.368. The highest BCUT2D eigenvalue weighted by atomic mass is 79.9. The molecule has 260 valence electrons. The smallest absolute Gasteiger partial charge is 0.142 e. The summed E-state index contributed by atoms with van der Waals surface area (Å²) in [5, 5.41) is 28.3. The van der Waals surface area contributed by atoms with Gasteiger partial charge in [-0.25, -0.2) is 0 Å². The Kier molecular flexibility index (Phi) is 12.3. The minimum absolute atomic E-state index is 0.00244. The van der Waals surface area contributed by atoms with Crippen LogP contribution in [0.5, 0.6) is 11.5 Å². The first kappa shape index (κ1) is 35.8. The topological polar surface area (TPSA) is 121 Å². The molecule has 1 saturated heterocycles. The van der Waals surface area contributed by atoms with Gasteiger partial charge in [0, 0.05) is 75.9 Å². The summed E-state index contributed by atoms with van der Waals surface area (Å²) in [6.07, 6.45) is 13.8. The van der Waals surface area contributed by atoms with E-state index in [1.165, 1.54) is 32.1 Å². The number of aliphatic hydroxyl groups excluding tert-OH is 1. The van der Waals surface area contributed by atoms with E-state index in [4.69, 9.17) is 26.2 Å². The average Bonchev–Trinajstić information content (AvgIpc) is 3.82. The Balaban J connectivity index is 1.18. The van der Waals surface area contributed by atoms with Crippen LogP contribution in [-0.2, 0) is 26.3 Å². The van der Waals surface area contributed by atoms with Gasteiger partial charge in [-0.15, -0.1) is 0 Å². The van der Waals surface area contributed by atoms with Crippen molar-refractivity contribution in [1.29, 1.82) is 5.26 Å². The molecule has 0 saturated carbocycles. The van der Waals surface area contributed by atoms with Crippen molar-refractivity contribution < 1.29 is 14.6 Å². The second-order valence-corrected chi connectivity index (χ2v) is 13.8. The quantitative estimate of drug-likeness (QED) is 0.100. The van der Waals surface area contributed by atoms with Gasteiger partial charge in [0.05, 0.1) is 35.1 Å². The Morgan fingerprint density at radius 1 is 0.960 bits per heavy atom. The van der Waals surface area contributed by atoms with E-state index in [0.29, 0.717) is 28.6 Å². The molecule has 50 heavy (non-hydrogen) atoms. The van der Waals surface area contributed by atoms with Crippen molar-refractivity contribution in [3.63, 3.8) is 0 Å². The molecular formula is C38H41BrClN7O3. The first-order valence-corrected chi connectivity index (χ1v) is 18.2. The fourth-order valence-corrected chi connectivity index (χ4v) is 6.97. The van der Waals surface area contributed by atoms with E-state index in [1.807, 2.05) is 43.7 Å². The molecule has 1 aliphatic heterocycles. The molecule has 0 bridgehead atoms. The van der Waals surface area contributed by atoms with Gasteiger partial charge in [0.1, 0.15) is 30.8 Å². The predicted molar refractivity (Wildman–Crippen MR) is 198 cm³/mol. The van der Waals surface area contributed by atoms with Gasteiger partial charge < -0.3 is 24.8 Å². The summed E-state index contributed by atoms with van der Waals surface area (Å²) >= 11 is 10.6. The SMILES string of the molecule is CC(CO)NCc1cc(Cl)c(OCc2cccc(-c3cncc4c3cnn4CCCCN3CCCC3)c2Br)cc1OCc1cncc(C#N)c1. The summed E-state index contributed by atoms with van der Waals surface area (Å²) in [7, 11) is 0. The van der Waals surface area contributed by atoms with Crippen LogP contribution in [-0.4, -0.2) is 62.0 Å². The van der Waals surface area contributed by atoms with E-state index < -0.39 is 0 Å². The summed E-state index contributed by atoms with van der Waals surface area (Å²) in [5.41, 5.74) is 5.99. The van der Waals surface area contributed by atoms with Crippen molar-refractivity contribution >= 4 is 38.4 Å². The second-order valence-electron chi connectivity index (χ2n) is 12.6. The molecule has 10 nitrogen and oxygen atoms in total. The minimum Gasteiger partial charge on any atom is -0.488 e. The highest BCUT2D eigenvalue weighted by Gasteiger charge is 2.17. The molecule has 3 aromatic heterocycles. The number of rotatable bonds is 16. The minimum atomic E-state index is -0.112. The zero-order valence-corrected chi connectivity index (χ0v) is 30.5. The van der Waals surface area contributed by atoms with Crippen LogP contribution in [0.15, 0.2) is 71.9 Å². The third-order valence-electron chi connectivity index (χ3n) is 8.96. The van der Waals surface area contributed by atoms with E-state index in [1.54, 1.807) is 18.3 Å². The molecule has 1 aliphatic rings. The van der Waals surface area contributed by atoms with E-state index in [2.05, 4.69) is 52.9 Å². The maximum atomic E-state index is 9.51. The van der Waals surface area contributed by atoms with Crippen LogP contribution in [0.25, 0.3) is 22.0 Å². The number of fused-ring (bicyclic) bond motifs is 1. The lowest BCUT2D eigenvalue weighted by Crippen LogP contribution is -2.28. The third kappa shape index (κ3) is 8.81. The van der Waals surface area contributed by atoms with Crippen LogP contribution in [0, 0.1) is 11.3 Å². The number of likely N-dealkylation sites (tertiary alicyclic amines) is 1. The normalized spacial score (nSPS) is 13.8. The number of nitriles is 1. The van der Waals surface area contributed by atoms with Crippen molar-refractivity contribution in [2.45, 2.75) is 65.0 Å². The molecule has 12 heteroatoms. The number of ether oxygens (including phenoxy) is 2. The molecule has 1 fully saturated rings. The Hall–Kier alpha value is -4.05. The number of nitrogens with one attached hydrogen (secondary N) is 1. The third-order valence-corrected chi connectivity index (χ3v) is 10.2. The van der Waals surface area contributed by atoms with Crippen molar-refractivity contribution in [3.05, 3.63) is 99.1 Å².